The molecule has 2 rings (SSSR count). The number of halogens is 2. The van der Waals surface area contributed by atoms with Crippen molar-refractivity contribution in [1.29, 1.82) is 0 Å². The van der Waals surface area contributed by atoms with Crippen LogP contribution in [-0.4, -0.2) is 16.6 Å². The van der Waals surface area contributed by atoms with Gasteiger partial charge in [0, 0.05) is 5.56 Å². The van der Waals surface area contributed by atoms with Gasteiger partial charge in [0.2, 0.25) is 5.75 Å². The Labute approximate surface area is 119 Å². The molecule has 0 aliphatic rings. The number of alkyl halides is 1. The van der Waals surface area contributed by atoms with Gasteiger partial charge in [0.15, 0.2) is 6.10 Å². The molecule has 1 aromatic carbocycles. The van der Waals surface area contributed by atoms with E-state index in [-0.39, 0.29) is 5.75 Å². The summed E-state index contributed by atoms with van der Waals surface area (Å²) in [4.78, 5) is 13.7. The van der Waals surface area contributed by atoms with Crippen molar-refractivity contribution in [3.63, 3.8) is 0 Å². The van der Waals surface area contributed by atoms with Crippen LogP contribution in [0.2, 0.25) is 0 Å². The van der Waals surface area contributed by atoms with E-state index in [4.69, 9.17) is 4.74 Å². The molecular formula is C14H12F2N2O3. The van der Waals surface area contributed by atoms with Crippen molar-refractivity contribution in [2.45, 2.75) is 13.0 Å². The van der Waals surface area contributed by atoms with Crippen LogP contribution in [0.25, 0.3) is 0 Å². The first kappa shape index (κ1) is 14.8. The molecule has 2 aromatic rings. The summed E-state index contributed by atoms with van der Waals surface area (Å²) in [5.41, 5.74) is 0.932. The third-order valence-electron chi connectivity index (χ3n) is 2.92. The molecule has 0 N–H and O–H groups in total. The topological polar surface area (TPSA) is 65.3 Å². The lowest BCUT2D eigenvalue weighted by Crippen LogP contribution is -2.13. The van der Waals surface area contributed by atoms with E-state index in [9.17, 15) is 18.9 Å². The van der Waals surface area contributed by atoms with Gasteiger partial charge in [0.05, 0.1) is 0 Å². The lowest BCUT2D eigenvalue weighted by atomic mass is 10.0. The molecule has 0 fully saturated rings. The highest BCUT2D eigenvalue weighted by Gasteiger charge is 2.22. The van der Waals surface area contributed by atoms with Gasteiger partial charge in [-0.05, 0) is 46.7 Å². The van der Waals surface area contributed by atoms with Crippen LogP contribution < -0.4 is 4.74 Å². The lowest BCUT2D eigenvalue weighted by molar-refractivity contribution is -0.390. The number of aromatic nitrogens is 1. The van der Waals surface area contributed by atoms with Gasteiger partial charge in [0.1, 0.15) is 18.7 Å². The number of nitrogens with zero attached hydrogens (tertiary/aromatic N) is 2. The fraction of sp³-hybridized carbons (Fsp3) is 0.214. The average molecular weight is 294 g/mol. The molecule has 0 saturated carbocycles. The van der Waals surface area contributed by atoms with Gasteiger partial charge >= 0.3 is 5.82 Å². The SMILES string of the molecule is Cc1ccc(F)cc1C(CF)Oc1cccnc1[N+](=O)[O-]. The van der Waals surface area contributed by atoms with Gasteiger partial charge in [-0.2, -0.15) is 0 Å². The van der Waals surface area contributed by atoms with Gasteiger partial charge in [-0.15, -0.1) is 0 Å². The Morgan fingerprint density at radius 3 is 2.86 bits per heavy atom. The third kappa shape index (κ3) is 3.31. The molecule has 5 nitrogen and oxygen atoms in total. The second kappa shape index (κ2) is 6.25. The molecule has 0 bridgehead atoms. The van der Waals surface area contributed by atoms with Crippen LogP contribution in [0.1, 0.15) is 17.2 Å². The second-order valence-corrected chi connectivity index (χ2v) is 4.34. The summed E-state index contributed by atoms with van der Waals surface area (Å²) in [6, 6.07) is 6.66. The lowest BCUT2D eigenvalue weighted by Gasteiger charge is -2.18. The van der Waals surface area contributed by atoms with Crippen LogP contribution in [0.5, 0.6) is 5.75 Å². The fourth-order valence-electron chi connectivity index (χ4n) is 1.90. The Morgan fingerprint density at radius 1 is 1.43 bits per heavy atom. The number of ether oxygens (including phenoxy) is 1. The van der Waals surface area contributed by atoms with Crippen LogP contribution in [-0.2, 0) is 0 Å². The predicted molar refractivity (Wildman–Crippen MR) is 71.4 cm³/mol. The number of hydrogen-bond acceptors (Lipinski definition) is 4. The van der Waals surface area contributed by atoms with Crippen molar-refractivity contribution >= 4 is 5.82 Å². The third-order valence-corrected chi connectivity index (χ3v) is 2.92. The normalized spacial score (nSPS) is 12.0. The smallest absolute Gasteiger partial charge is 0.406 e. The number of pyridine rings is 1. The van der Waals surface area contributed by atoms with E-state index < -0.39 is 29.3 Å². The first-order chi connectivity index (χ1) is 10.0. The molecule has 0 spiro atoms. The molecule has 1 atom stereocenters. The van der Waals surface area contributed by atoms with Crippen molar-refractivity contribution in [2.75, 3.05) is 6.67 Å². The van der Waals surface area contributed by atoms with Crippen LogP contribution >= 0.6 is 0 Å². The van der Waals surface area contributed by atoms with Gasteiger partial charge in [-0.25, -0.2) is 8.78 Å². The minimum absolute atomic E-state index is 0.159. The molecule has 21 heavy (non-hydrogen) atoms. The van der Waals surface area contributed by atoms with E-state index >= 15 is 0 Å². The van der Waals surface area contributed by atoms with Crippen molar-refractivity contribution in [2.24, 2.45) is 0 Å². The minimum Gasteiger partial charge on any atom is -0.475 e. The summed E-state index contributed by atoms with van der Waals surface area (Å²) >= 11 is 0. The minimum atomic E-state index is -1.14. The zero-order valence-corrected chi connectivity index (χ0v) is 11.1. The first-order valence-electron chi connectivity index (χ1n) is 6.11. The Bertz CT molecular complexity index is 664. The van der Waals surface area contributed by atoms with Crippen LogP contribution in [0, 0.1) is 22.9 Å². The molecule has 1 unspecified atom stereocenters. The van der Waals surface area contributed by atoms with E-state index in [0.717, 1.165) is 6.07 Å². The Morgan fingerprint density at radius 2 is 2.19 bits per heavy atom. The first-order valence-corrected chi connectivity index (χ1v) is 6.11. The maximum absolute atomic E-state index is 13.3. The van der Waals surface area contributed by atoms with E-state index in [1.165, 1.54) is 30.5 Å². The van der Waals surface area contributed by atoms with E-state index in [0.29, 0.717) is 11.1 Å². The molecule has 110 valence electrons. The molecule has 7 heteroatoms. The highest BCUT2D eigenvalue weighted by atomic mass is 19.1. The molecule has 0 aliphatic heterocycles. The summed E-state index contributed by atoms with van der Waals surface area (Å²) in [5, 5.41) is 10.9. The maximum Gasteiger partial charge on any atom is 0.406 e. The van der Waals surface area contributed by atoms with Crippen LogP contribution in [0.3, 0.4) is 0 Å². The number of nitro groups is 1. The highest BCUT2D eigenvalue weighted by molar-refractivity contribution is 5.40. The zero-order chi connectivity index (χ0) is 15.4. The molecule has 0 saturated heterocycles. The van der Waals surface area contributed by atoms with E-state index in [1.54, 1.807) is 6.92 Å². The van der Waals surface area contributed by atoms with Crippen molar-refractivity contribution in [1.82, 2.24) is 4.98 Å². The van der Waals surface area contributed by atoms with Crippen molar-refractivity contribution < 1.29 is 18.4 Å². The molecule has 1 aromatic heterocycles. The summed E-state index contributed by atoms with van der Waals surface area (Å²) in [5.74, 6) is -1.20. The number of aryl methyl sites for hydroxylation is 1. The monoisotopic (exact) mass is 294 g/mol. The van der Waals surface area contributed by atoms with Gasteiger partial charge < -0.3 is 14.9 Å². The number of rotatable bonds is 5. The van der Waals surface area contributed by atoms with E-state index in [2.05, 4.69) is 4.98 Å². The van der Waals surface area contributed by atoms with Crippen molar-refractivity contribution in [3.8, 4) is 5.75 Å². The number of benzene rings is 1. The second-order valence-electron chi connectivity index (χ2n) is 4.34. The van der Waals surface area contributed by atoms with E-state index in [1.807, 2.05) is 0 Å². The van der Waals surface area contributed by atoms with Gasteiger partial charge in [-0.3, -0.25) is 0 Å². The fourth-order valence-corrected chi connectivity index (χ4v) is 1.90. The maximum atomic E-state index is 13.3. The average Bonchev–Trinajstić information content (AvgIpc) is 2.47. The van der Waals surface area contributed by atoms with Crippen LogP contribution in [0.15, 0.2) is 36.5 Å². The summed E-state index contributed by atoms with van der Waals surface area (Å²) in [7, 11) is 0. The quantitative estimate of drug-likeness (QED) is 0.625. The molecule has 0 amide bonds. The van der Waals surface area contributed by atoms with Crippen LogP contribution in [0.4, 0.5) is 14.6 Å². The van der Waals surface area contributed by atoms with Gasteiger partial charge in [0.25, 0.3) is 0 Å². The predicted octanol–water partition coefficient (Wildman–Crippen LogP) is 3.53. The standard InChI is InChI=1S/C14H12F2N2O3/c1-9-4-5-10(16)7-11(9)13(8-15)21-12-3-2-6-17-14(12)18(19)20/h2-7,13H,8H2,1H3. The summed E-state index contributed by atoms with van der Waals surface area (Å²) < 4.78 is 31.9. The molecule has 0 aliphatic carbocycles. The molecule has 0 radical (unpaired) electrons. The zero-order valence-electron chi connectivity index (χ0n) is 11.1. The van der Waals surface area contributed by atoms with Gasteiger partial charge in [-0.1, -0.05) is 6.07 Å². The Kier molecular flexibility index (Phi) is 4.42. The number of hydrogen-bond donors (Lipinski definition) is 0. The molecular weight excluding hydrogens is 282 g/mol. The summed E-state index contributed by atoms with van der Waals surface area (Å²) in [6.07, 6.45) is 0.103. The Balaban J connectivity index is 2.36. The summed E-state index contributed by atoms with van der Waals surface area (Å²) in [6.45, 7) is 0.731. The Hall–Kier alpha value is -2.57. The molecule has 1 heterocycles. The highest BCUT2D eigenvalue weighted by Crippen LogP contribution is 2.30. The van der Waals surface area contributed by atoms with Crippen molar-refractivity contribution in [3.05, 3.63) is 63.6 Å². The largest absolute Gasteiger partial charge is 0.475 e.